The second-order valence-corrected chi connectivity index (χ2v) is 5.72. The van der Waals surface area contributed by atoms with Gasteiger partial charge in [0.25, 0.3) is 0 Å². The number of thioether (sulfide) groups is 1. The minimum atomic E-state index is -1.07. The van der Waals surface area contributed by atoms with Crippen molar-refractivity contribution in [2.45, 2.75) is 17.6 Å². The van der Waals surface area contributed by atoms with E-state index >= 15 is 0 Å². The van der Waals surface area contributed by atoms with Crippen LogP contribution in [-0.4, -0.2) is 51.8 Å². The van der Waals surface area contributed by atoms with Gasteiger partial charge in [-0.05, 0) is 19.1 Å². The standard InChI is InChI=1S/C12H17N3O3S/c1-19-12(2-4-18-5-3-12)8-15-10-7-13-9(6-14-10)11(16)17/h6-7H,2-5,8H2,1H3,(H,14,15)(H,16,17). The number of rotatable bonds is 5. The van der Waals surface area contributed by atoms with E-state index in [1.54, 1.807) is 0 Å². The van der Waals surface area contributed by atoms with Crippen molar-refractivity contribution in [3.05, 3.63) is 18.1 Å². The summed E-state index contributed by atoms with van der Waals surface area (Å²) in [6.45, 7) is 2.34. The maximum atomic E-state index is 10.7. The molecule has 0 bridgehead atoms. The number of aromatic carboxylic acids is 1. The number of carboxylic acid groups (broad SMARTS) is 1. The topological polar surface area (TPSA) is 84.3 Å². The molecule has 0 amide bonds. The fourth-order valence-corrected chi connectivity index (χ4v) is 2.77. The number of ether oxygens (including phenoxy) is 1. The van der Waals surface area contributed by atoms with Gasteiger partial charge in [-0.15, -0.1) is 0 Å². The molecule has 0 aromatic carbocycles. The lowest BCUT2D eigenvalue weighted by atomic mass is 9.99. The number of carbonyl (C=O) groups is 1. The minimum absolute atomic E-state index is 0.0452. The molecule has 1 saturated heterocycles. The van der Waals surface area contributed by atoms with Crippen molar-refractivity contribution < 1.29 is 14.6 Å². The van der Waals surface area contributed by atoms with Gasteiger partial charge in [-0.2, -0.15) is 11.8 Å². The molecule has 1 fully saturated rings. The predicted molar refractivity (Wildman–Crippen MR) is 73.8 cm³/mol. The lowest BCUT2D eigenvalue weighted by molar-refractivity contribution is 0.0690. The quantitative estimate of drug-likeness (QED) is 0.847. The maximum absolute atomic E-state index is 10.7. The number of hydrogen-bond acceptors (Lipinski definition) is 6. The smallest absolute Gasteiger partial charge is 0.356 e. The highest BCUT2D eigenvalue weighted by molar-refractivity contribution is 8.00. The fraction of sp³-hybridized carbons (Fsp3) is 0.583. The number of carboxylic acids is 1. The summed E-state index contributed by atoms with van der Waals surface area (Å²) in [6, 6.07) is 0. The van der Waals surface area contributed by atoms with E-state index in [4.69, 9.17) is 9.84 Å². The first-order valence-electron chi connectivity index (χ1n) is 6.07. The van der Waals surface area contributed by atoms with Gasteiger partial charge in [0.1, 0.15) is 5.82 Å². The Bertz CT molecular complexity index is 432. The molecule has 1 aliphatic heterocycles. The van der Waals surface area contributed by atoms with E-state index < -0.39 is 5.97 Å². The van der Waals surface area contributed by atoms with E-state index in [0.717, 1.165) is 32.6 Å². The number of nitrogens with one attached hydrogen (secondary N) is 1. The molecule has 2 heterocycles. The summed E-state index contributed by atoms with van der Waals surface area (Å²) in [7, 11) is 0. The molecule has 0 atom stereocenters. The van der Waals surface area contributed by atoms with E-state index in [2.05, 4.69) is 21.5 Å². The zero-order chi connectivity index (χ0) is 13.7. The molecule has 0 spiro atoms. The summed E-state index contributed by atoms with van der Waals surface area (Å²) in [5.41, 5.74) is -0.0452. The van der Waals surface area contributed by atoms with Gasteiger partial charge >= 0.3 is 5.97 Å². The number of anilines is 1. The molecular formula is C12H17N3O3S. The van der Waals surface area contributed by atoms with Crippen molar-refractivity contribution in [1.82, 2.24) is 9.97 Å². The summed E-state index contributed by atoms with van der Waals surface area (Å²) in [5.74, 6) is -0.464. The molecule has 0 saturated carbocycles. The Balaban J connectivity index is 1.95. The van der Waals surface area contributed by atoms with Crippen molar-refractivity contribution in [1.29, 1.82) is 0 Å². The van der Waals surface area contributed by atoms with Gasteiger partial charge < -0.3 is 15.2 Å². The SMILES string of the molecule is CSC1(CNc2cnc(C(=O)O)cn2)CCOCC1. The van der Waals surface area contributed by atoms with Crippen LogP contribution in [0.5, 0.6) is 0 Å². The van der Waals surface area contributed by atoms with Crippen molar-refractivity contribution >= 4 is 23.5 Å². The van der Waals surface area contributed by atoms with Gasteiger partial charge in [0, 0.05) is 24.5 Å². The monoisotopic (exact) mass is 283 g/mol. The summed E-state index contributed by atoms with van der Waals surface area (Å²) in [6.07, 6.45) is 6.83. The molecule has 7 heteroatoms. The van der Waals surface area contributed by atoms with Gasteiger partial charge in [0.05, 0.1) is 12.4 Å². The average molecular weight is 283 g/mol. The summed E-state index contributed by atoms with van der Waals surface area (Å²) < 4.78 is 5.54. The van der Waals surface area contributed by atoms with Crippen molar-refractivity contribution in [2.24, 2.45) is 0 Å². The van der Waals surface area contributed by atoms with E-state index in [0.29, 0.717) is 5.82 Å². The predicted octanol–water partition coefficient (Wildman–Crippen LogP) is 1.50. The third kappa shape index (κ3) is 3.57. The minimum Gasteiger partial charge on any atom is -0.476 e. The first kappa shape index (κ1) is 14.1. The number of hydrogen-bond donors (Lipinski definition) is 2. The first-order valence-corrected chi connectivity index (χ1v) is 7.30. The van der Waals surface area contributed by atoms with Crippen LogP contribution in [0.3, 0.4) is 0 Å². The summed E-state index contributed by atoms with van der Waals surface area (Å²) in [5, 5.41) is 12.0. The molecule has 104 valence electrons. The highest BCUT2D eigenvalue weighted by Crippen LogP contribution is 2.33. The molecule has 2 rings (SSSR count). The van der Waals surface area contributed by atoms with Crippen LogP contribution < -0.4 is 5.32 Å². The van der Waals surface area contributed by atoms with Crippen LogP contribution in [0.4, 0.5) is 5.82 Å². The van der Waals surface area contributed by atoms with E-state index in [1.165, 1.54) is 12.4 Å². The zero-order valence-corrected chi connectivity index (χ0v) is 11.6. The molecule has 6 nitrogen and oxygen atoms in total. The summed E-state index contributed by atoms with van der Waals surface area (Å²) >= 11 is 1.84. The fourth-order valence-electron chi connectivity index (χ4n) is 1.98. The molecule has 19 heavy (non-hydrogen) atoms. The molecule has 1 aliphatic rings. The molecule has 1 aromatic heterocycles. The van der Waals surface area contributed by atoms with Crippen LogP contribution in [0.2, 0.25) is 0 Å². The van der Waals surface area contributed by atoms with Crippen molar-refractivity contribution in [3.63, 3.8) is 0 Å². The number of aromatic nitrogens is 2. The van der Waals surface area contributed by atoms with Gasteiger partial charge in [-0.3, -0.25) is 0 Å². The van der Waals surface area contributed by atoms with Crippen molar-refractivity contribution in [2.75, 3.05) is 31.3 Å². The Morgan fingerprint density at radius 3 is 2.74 bits per heavy atom. The molecule has 0 aliphatic carbocycles. The highest BCUT2D eigenvalue weighted by Gasteiger charge is 2.31. The van der Waals surface area contributed by atoms with Crippen LogP contribution in [0.25, 0.3) is 0 Å². The Hall–Kier alpha value is -1.34. The van der Waals surface area contributed by atoms with E-state index in [-0.39, 0.29) is 10.4 Å². The van der Waals surface area contributed by atoms with Gasteiger partial charge in [0.15, 0.2) is 5.69 Å². The lowest BCUT2D eigenvalue weighted by Crippen LogP contribution is -2.39. The Kier molecular flexibility index (Phi) is 4.60. The largest absolute Gasteiger partial charge is 0.476 e. The van der Waals surface area contributed by atoms with Gasteiger partial charge in [-0.25, -0.2) is 14.8 Å². The Morgan fingerprint density at radius 2 is 2.21 bits per heavy atom. The van der Waals surface area contributed by atoms with E-state index in [9.17, 15) is 4.79 Å². The maximum Gasteiger partial charge on any atom is 0.356 e. The first-order chi connectivity index (χ1) is 9.15. The molecule has 0 unspecified atom stereocenters. The van der Waals surface area contributed by atoms with Crippen LogP contribution in [0.1, 0.15) is 23.3 Å². The van der Waals surface area contributed by atoms with Gasteiger partial charge in [0.2, 0.25) is 0 Å². The molecule has 2 N–H and O–H groups in total. The lowest BCUT2D eigenvalue weighted by Gasteiger charge is -2.35. The third-order valence-electron chi connectivity index (χ3n) is 3.30. The number of nitrogens with zero attached hydrogens (tertiary/aromatic N) is 2. The van der Waals surface area contributed by atoms with Crippen molar-refractivity contribution in [3.8, 4) is 0 Å². The zero-order valence-electron chi connectivity index (χ0n) is 10.8. The average Bonchev–Trinajstić information content (AvgIpc) is 2.46. The van der Waals surface area contributed by atoms with Crippen LogP contribution in [-0.2, 0) is 4.74 Å². The normalized spacial score (nSPS) is 17.9. The Labute approximate surface area is 116 Å². The van der Waals surface area contributed by atoms with Crippen LogP contribution in [0, 0.1) is 0 Å². The highest BCUT2D eigenvalue weighted by atomic mass is 32.2. The van der Waals surface area contributed by atoms with Crippen LogP contribution in [0.15, 0.2) is 12.4 Å². The molecule has 0 radical (unpaired) electrons. The van der Waals surface area contributed by atoms with Crippen LogP contribution >= 0.6 is 11.8 Å². The van der Waals surface area contributed by atoms with E-state index in [1.807, 2.05) is 11.8 Å². The second-order valence-electron chi connectivity index (χ2n) is 4.45. The second kappa shape index (κ2) is 6.21. The molecular weight excluding hydrogens is 266 g/mol. The molecule has 1 aromatic rings. The Morgan fingerprint density at radius 1 is 1.47 bits per heavy atom. The summed E-state index contributed by atoms with van der Waals surface area (Å²) in [4.78, 5) is 18.6. The third-order valence-corrected chi connectivity index (χ3v) is 4.72. The van der Waals surface area contributed by atoms with Gasteiger partial charge in [-0.1, -0.05) is 0 Å².